The van der Waals surface area contributed by atoms with Crippen LogP contribution in [0.2, 0.25) is 0 Å². The third-order valence-corrected chi connectivity index (χ3v) is 7.18. The van der Waals surface area contributed by atoms with Gasteiger partial charge in [0.1, 0.15) is 5.69 Å². The number of benzene rings is 2. The molecule has 1 amide bonds. The number of aryl methyl sites for hydroxylation is 1. The van der Waals surface area contributed by atoms with Crippen LogP contribution in [0.4, 0.5) is 5.69 Å². The molecular formula is C21H24N4O4S. The molecule has 4 rings (SSSR count). The Bertz CT molecular complexity index is 1160. The van der Waals surface area contributed by atoms with Gasteiger partial charge < -0.3 is 14.7 Å². The fourth-order valence-corrected chi connectivity index (χ4v) is 4.90. The number of piperazine rings is 1. The molecule has 3 aromatic rings. The van der Waals surface area contributed by atoms with Crippen molar-refractivity contribution in [1.82, 2.24) is 14.4 Å². The van der Waals surface area contributed by atoms with E-state index in [4.69, 9.17) is 4.52 Å². The van der Waals surface area contributed by atoms with Gasteiger partial charge in [-0.1, -0.05) is 16.8 Å². The predicted molar refractivity (Wildman–Crippen MR) is 114 cm³/mol. The lowest BCUT2D eigenvalue weighted by molar-refractivity contribution is -0.115. The number of fused-ring (bicyclic) bond motifs is 1. The minimum absolute atomic E-state index is 0.0673. The Morgan fingerprint density at radius 3 is 2.50 bits per heavy atom. The van der Waals surface area contributed by atoms with E-state index in [0.717, 1.165) is 10.9 Å². The van der Waals surface area contributed by atoms with Gasteiger partial charge in [-0.25, -0.2) is 8.42 Å². The average Bonchev–Trinajstić information content (AvgIpc) is 3.10. The van der Waals surface area contributed by atoms with Crippen molar-refractivity contribution < 1.29 is 17.7 Å². The predicted octanol–water partition coefficient (Wildman–Crippen LogP) is 2.25. The quantitative estimate of drug-likeness (QED) is 0.670. The minimum atomic E-state index is -3.53. The van der Waals surface area contributed by atoms with E-state index in [0.29, 0.717) is 43.1 Å². The molecule has 2 aromatic carbocycles. The first-order valence-electron chi connectivity index (χ1n) is 9.76. The maximum Gasteiger partial charge on any atom is 0.243 e. The van der Waals surface area contributed by atoms with Crippen molar-refractivity contribution in [3.63, 3.8) is 0 Å². The topological polar surface area (TPSA) is 95.8 Å². The average molecular weight is 429 g/mol. The zero-order valence-electron chi connectivity index (χ0n) is 17.0. The Hall–Kier alpha value is -2.75. The highest BCUT2D eigenvalue weighted by atomic mass is 32.2. The van der Waals surface area contributed by atoms with Crippen LogP contribution >= 0.6 is 0 Å². The molecule has 0 aliphatic carbocycles. The van der Waals surface area contributed by atoms with Crippen molar-refractivity contribution in [2.24, 2.45) is 0 Å². The highest BCUT2D eigenvalue weighted by molar-refractivity contribution is 7.89. The van der Waals surface area contributed by atoms with E-state index >= 15 is 0 Å². The van der Waals surface area contributed by atoms with Crippen molar-refractivity contribution >= 4 is 32.6 Å². The number of aromatic nitrogens is 1. The maximum absolute atomic E-state index is 12.8. The van der Waals surface area contributed by atoms with E-state index < -0.39 is 10.0 Å². The number of hydrogen-bond donors (Lipinski definition) is 1. The monoisotopic (exact) mass is 428 g/mol. The van der Waals surface area contributed by atoms with Crippen LogP contribution in [0.1, 0.15) is 11.3 Å². The molecule has 1 aliphatic heterocycles. The summed E-state index contributed by atoms with van der Waals surface area (Å²) in [6.07, 6.45) is 0.0673. The first kappa shape index (κ1) is 20.5. The van der Waals surface area contributed by atoms with Gasteiger partial charge in [0.2, 0.25) is 15.9 Å². The maximum atomic E-state index is 12.8. The Balaban J connectivity index is 1.43. The fraction of sp³-hybridized carbons (Fsp3) is 0.333. The van der Waals surface area contributed by atoms with Crippen LogP contribution in [0.3, 0.4) is 0 Å². The summed E-state index contributed by atoms with van der Waals surface area (Å²) in [5, 5.41) is 7.60. The number of carbonyl (C=O) groups is 1. The molecule has 1 fully saturated rings. The summed E-state index contributed by atoms with van der Waals surface area (Å²) in [7, 11) is -1.55. The SMILES string of the molecule is Cc1ccc2onc(CC(=O)Nc3ccc(S(=O)(=O)N4CCN(C)CC4)cc3)c2c1. The molecule has 1 aliphatic rings. The zero-order valence-corrected chi connectivity index (χ0v) is 17.8. The summed E-state index contributed by atoms with van der Waals surface area (Å²) in [4.78, 5) is 14.8. The summed E-state index contributed by atoms with van der Waals surface area (Å²) < 4.78 is 32.4. The molecule has 1 aromatic heterocycles. The van der Waals surface area contributed by atoms with Crippen LogP contribution in [0.25, 0.3) is 11.0 Å². The largest absolute Gasteiger partial charge is 0.356 e. The Morgan fingerprint density at radius 1 is 1.10 bits per heavy atom. The highest BCUT2D eigenvalue weighted by Gasteiger charge is 2.27. The van der Waals surface area contributed by atoms with Crippen molar-refractivity contribution in [3.8, 4) is 0 Å². The molecule has 0 radical (unpaired) electrons. The van der Waals surface area contributed by atoms with Crippen LogP contribution in [-0.2, 0) is 21.2 Å². The molecule has 9 heteroatoms. The number of amides is 1. The van der Waals surface area contributed by atoms with Crippen molar-refractivity contribution in [2.75, 3.05) is 38.5 Å². The van der Waals surface area contributed by atoms with Crippen molar-refractivity contribution in [3.05, 3.63) is 53.7 Å². The summed E-state index contributed by atoms with van der Waals surface area (Å²) in [6, 6.07) is 12.0. The van der Waals surface area contributed by atoms with Gasteiger partial charge in [0.05, 0.1) is 11.3 Å². The van der Waals surface area contributed by atoms with E-state index in [1.165, 1.54) is 16.4 Å². The number of rotatable bonds is 5. The van der Waals surface area contributed by atoms with Crippen LogP contribution in [0.5, 0.6) is 0 Å². The third-order valence-electron chi connectivity index (χ3n) is 5.27. The van der Waals surface area contributed by atoms with Gasteiger partial charge in [-0.3, -0.25) is 4.79 Å². The molecular weight excluding hydrogens is 404 g/mol. The van der Waals surface area contributed by atoms with Gasteiger partial charge in [-0.15, -0.1) is 0 Å². The summed E-state index contributed by atoms with van der Waals surface area (Å²) in [6.45, 7) is 4.34. The molecule has 0 saturated carbocycles. The fourth-order valence-electron chi connectivity index (χ4n) is 3.47. The standard InChI is InChI=1S/C21H24N4O4S/c1-15-3-8-20-18(13-15)19(23-29-20)14-21(26)22-16-4-6-17(7-5-16)30(27,28)25-11-9-24(2)10-12-25/h3-8,13H,9-12,14H2,1-2H3,(H,22,26). The number of nitrogens with one attached hydrogen (secondary N) is 1. The van der Waals surface area contributed by atoms with Crippen LogP contribution in [0.15, 0.2) is 51.9 Å². The number of hydrogen-bond acceptors (Lipinski definition) is 6. The van der Waals surface area contributed by atoms with Crippen molar-refractivity contribution in [2.45, 2.75) is 18.2 Å². The Morgan fingerprint density at radius 2 is 1.80 bits per heavy atom. The van der Waals surface area contributed by atoms with Crippen LogP contribution < -0.4 is 5.32 Å². The summed E-state index contributed by atoms with van der Waals surface area (Å²) in [5.41, 5.74) is 2.80. The molecule has 1 saturated heterocycles. The normalized spacial score (nSPS) is 16.1. The Kier molecular flexibility index (Phi) is 5.59. The lowest BCUT2D eigenvalue weighted by Crippen LogP contribution is -2.46. The second kappa shape index (κ2) is 8.17. The molecule has 8 nitrogen and oxygen atoms in total. The molecule has 158 valence electrons. The molecule has 0 bridgehead atoms. The van der Waals surface area contributed by atoms with Gasteiger partial charge >= 0.3 is 0 Å². The summed E-state index contributed by atoms with van der Waals surface area (Å²) >= 11 is 0. The van der Waals surface area contributed by atoms with Crippen molar-refractivity contribution in [1.29, 1.82) is 0 Å². The molecule has 0 spiro atoms. The number of sulfonamides is 1. The number of carbonyl (C=O) groups excluding carboxylic acids is 1. The van der Waals surface area contributed by atoms with Gasteiger partial charge in [-0.2, -0.15) is 4.31 Å². The Labute approximate surface area is 175 Å². The van der Waals surface area contributed by atoms with E-state index in [-0.39, 0.29) is 17.2 Å². The van der Waals surface area contributed by atoms with Crippen LogP contribution in [0, 0.1) is 6.92 Å². The molecule has 2 heterocycles. The first-order valence-corrected chi connectivity index (χ1v) is 11.2. The summed E-state index contributed by atoms with van der Waals surface area (Å²) in [5.74, 6) is -0.249. The number of anilines is 1. The van der Waals surface area contributed by atoms with Gasteiger partial charge in [0.15, 0.2) is 5.58 Å². The third kappa shape index (κ3) is 4.23. The van der Waals surface area contributed by atoms with Gasteiger partial charge in [-0.05, 0) is 50.4 Å². The lowest BCUT2D eigenvalue weighted by Gasteiger charge is -2.31. The highest BCUT2D eigenvalue weighted by Crippen LogP contribution is 2.22. The van der Waals surface area contributed by atoms with Gasteiger partial charge in [0, 0.05) is 37.3 Å². The molecule has 0 unspecified atom stereocenters. The second-order valence-corrected chi connectivity index (χ2v) is 9.52. The number of nitrogens with zero attached hydrogens (tertiary/aromatic N) is 3. The van der Waals surface area contributed by atoms with E-state index in [1.54, 1.807) is 12.1 Å². The smallest absolute Gasteiger partial charge is 0.243 e. The molecule has 0 atom stereocenters. The zero-order chi connectivity index (χ0) is 21.3. The lowest BCUT2D eigenvalue weighted by atomic mass is 10.1. The van der Waals surface area contributed by atoms with Crippen LogP contribution in [-0.4, -0.2) is 61.9 Å². The first-order chi connectivity index (χ1) is 14.3. The molecule has 30 heavy (non-hydrogen) atoms. The van der Waals surface area contributed by atoms with E-state index in [9.17, 15) is 13.2 Å². The van der Waals surface area contributed by atoms with E-state index in [2.05, 4.69) is 15.4 Å². The molecule has 1 N–H and O–H groups in total. The van der Waals surface area contributed by atoms with Gasteiger partial charge in [0.25, 0.3) is 0 Å². The second-order valence-electron chi connectivity index (χ2n) is 7.59. The minimum Gasteiger partial charge on any atom is -0.356 e. The number of likely N-dealkylation sites (N-methyl/N-ethyl adjacent to an activating group) is 1. The van der Waals surface area contributed by atoms with E-state index in [1.807, 2.05) is 32.2 Å².